The Kier molecular flexibility index (Phi) is 8.41. The summed E-state index contributed by atoms with van der Waals surface area (Å²) in [5, 5.41) is 3.45. The van der Waals surface area contributed by atoms with Crippen molar-refractivity contribution in [1.29, 1.82) is 0 Å². The molecular weight excluding hydrogens is 445 g/mol. The lowest BCUT2D eigenvalue weighted by Crippen LogP contribution is -2.48. The first-order valence-corrected chi connectivity index (χ1v) is 9.71. The van der Waals surface area contributed by atoms with Gasteiger partial charge in [-0.05, 0) is 19.8 Å². The van der Waals surface area contributed by atoms with Gasteiger partial charge in [0, 0.05) is 71.3 Å². The number of carbonyl (C=O) groups is 1. The highest BCUT2D eigenvalue weighted by atomic mass is 127. The third kappa shape index (κ3) is 5.45. The van der Waals surface area contributed by atoms with Crippen molar-refractivity contribution in [3.05, 3.63) is 0 Å². The van der Waals surface area contributed by atoms with Gasteiger partial charge in [-0.2, -0.15) is 0 Å². The molecular formula is C18H34IN5O2. The van der Waals surface area contributed by atoms with E-state index in [2.05, 4.69) is 22.0 Å². The number of rotatable bonds is 4. The van der Waals surface area contributed by atoms with E-state index in [-0.39, 0.29) is 29.9 Å². The summed E-state index contributed by atoms with van der Waals surface area (Å²) in [6.45, 7) is 14.0. The number of hydrogen-bond donors (Lipinski definition) is 1. The largest absolute Gasteiger partial charge is 0.381 e. The molecule has 1 spiro atoms. The second kappa shape index (κ2) is 10.1. The number of nitrogens with one attached hydrogen (secondary N) is 1. The monoisotopic (exact) mass is 479 g/mol. The van der Waals surface area contributed by atoms with Gasteiger partial charge in [-0.1, -0.05) is 0 Å². The van der Waals surface area contributed by atoms with Gasteiger partial charge in [0.05, 0.1) is 13.2 Å². The molecule has 0 bridgehead atoms. The van der Waals surface area contributed by atoms with Crippen molar-refractivity contribution in [2.24, 2.45) is 10.4 Å². The second-order valence-electron chi connectivity index (χ2n) is 7.56. The fraction of sp³-hybridized carbons (Fsp3) is 0.889. The Morgan fingerprint density at radius 1 is 1.15 bits per heavy atom. The summed E-state index contributed by atoms with van der Waals surface area (Å²) in [6.07, 6.45) is 2.40. The number of ether oxygens (including phenoxy) is 1. The number of piperazine rings is 1. The minimum atomic E-state index is 0. The van der Waals surface area contributed by atoms with Crippen molar-refractivity contribution in [2.75, 3.05) is 72.1 Å². The van der Waals surface area contributed by atoms with Crippen molar-refractivity contribution in [3.63, 3.8) is 0 Å². The summed E-state index contributed by atoms with van der Waals surface area (Å²) in [6, 6.07) is 0. The van der Waals surface area contributed by atoms with Crippen molar-refractivity contribution in [2.45, 2.75) is 26.7 Å². The average Bonchev–Trinajstić information content (AvgIpc) is 3.25. The highest BCUT2D eigenvalue weighted by molar-refractivity contribution is 14.0. The molecule has 0 saturated carbocycles. The number of hydrogen-bond acceptors (Lipinski definition) is 4. The molecule has 3 aliphatic rings. The summed E-state index contributed by atoms with van der Waals surface area (Å²) in [4.78, 5) is 23.0. The number of aliphatic imine (C=N–C) groups is 1. The predicted molar refractivity (Wildman–Crippen MR) is 114 cm³/mol. The van der Waals surface area contributed by atoms with Crippen molar-refractivity contribution < 1.29 is 9.53 Å². The molecule has 1 unspecified atom stereocenters. The van der Waals surface area contributed by atoms with E-state index in [0.717, 1.165) is 78.1 Å². The van der Waals surface area contributed by atoms with E-state index in [9.17, 15) is 4.79 Å². The molecule has 0 radical (unpaired) electrons. The lowest BCUT2D eigenvalue weighted by molar-refractivity contribution is -0.130. The quantitative estimate of drug-likeness (QED) is 0.368. The minimum Gasteiger partial charge on any atom is -0.381 e. The summed E-state index contributed by atoms with van der Waals surface area (Å²) in [5.41, 5.74) is 0.360. The molecule has 3 aliphatic heterocycles. The van der Waals surface area contributed by atoms with Crippen LogP contribution in [0.4, 0.5) is 0 Å². The summed E-state index contributed by atoms with van der Waals surface area (Å²) < 4.78 is 5.63. The van der Waals surface area contributed by atoms with E-state index in [0.29, 0.717) is 5.41 Å². The Morgan fingerprint density at radius 2 is 1.92 bits per heavy atom. The number of nitrogens with zero attached hydrogens (tertiary/aromatic N) is 4. The summed E-state index contributed by atoms with van der Waals surface area (Å²) >= 11 is 0. The zero-order valence-electron chi connectivity index (χ0n) is 16.2. The summed E-state index contributed by atoms with van der Waals surface area (Å²) in [5.74, 6) is 1.24. The summed E-state index contributed by atoms with van der Waals surface area (Å²) in [7, 11) is 0. The minimum absolute atomic E-state index is 0. The van der Waals surface area contributed by atoms with Gasteiger partial charge < -0.3 is 19.9 Å². The van der Waals surface area contributed by atoms with Crippen molar-refractivity contribution in [1.82, 2.24) is 20.0 Å². The lowest BCUT2D eigenvalue weighted by atomic mass is 9.87. The van der Waals surface area contributed by atoms with Gasteiger partial charge in [0.1, 0.15) is 0 Å². The number of guanidine groups is 1. The molecule has 1 amide bonds. The molecule has 26 heavy (non-hydrogen) atoms. The Balaban J connectivity index is 0.00000243. The van der Waals surface area contributed by atoms with Crippen molar-refractivity contribution in [3.8, 4) is 0 Å². The third-order valence-corrected chi connectivity index (χ3v) is 5.75. The fourth-order valence-corrected chi connectivity index (χ4v) is 4.10. The van der Waals surface area contributed by atoms with Crippen LogP contribution in [0.3, 0.4) is 0 Å². The van der Waals surface area contributed by atoms with Crippen LogP contribution in [-0.2, 0) is 9.53 Å². The van der Waals surface area contributed by atoms with Gasteiger partial charge in [0.15, 0.2) is 5.96 Å². The maximum atomic E-state index is 11.4. The van der Waals surface area contributed by atoms with Crippen LogP contribution in [-0.4, -0.2) is 98.7 Å². The first-order valence-electron chi connectivity index (χ1n) is 9.71. The highest BCUT2D eigenvalue weighted by Crippen LogP contribution is 2.38. The zero-order chi connectivity index (χ0) is 17.7. The van der Waals surface area contributed by atoms with Crippen LogP contribution in [0.1, 0.15) is 26.7 Å². The normalized spacial score (nSPS) is 27.1. The molecule has 7 nitrogen and oxygen atoms in total. The molecule has 3 heterocycles. The molecule has 3 rings (SSSR count). The predicted octanol–water partition coefficient (Wildman–Crippen LogP) is 0.846. The van der Waals surface area contributed by atoms with E-state index in [1.165, 1.54) is 12.8 Å². The molecule has 3 saturated heterocycles. The molecule has 0 aliphatic carbocycles. The molecule has 1 atom stereocenters. The smallest absolute Gasteiger partial charge is 0.219 e. The lowest BCUT2D eigenvalue weighted by Gasteiger charge is -2.34. The van der Waals surface area contributed by atoms with Gasteiger partial charge >= 0.3 is 0 Å². The van der Waals surface area contributed by atoms with Crippen LogP contribution < -0.4 is 5.32 Å². The van der Waals surface area contributed by atoms with Gasteiger partial charge in [-0.3, -0.25) is 14.7 Å². The molecule has 1 N–H and O–H groups in total. The number of amides is 1. The van der Waals surface area contributed by atoms with Gasteiger partial charge in [0.25, 0.3) is 0 Å². The molecule has 8 heteroatoms. The first-order chi connectivity index (χ1) is 12.1. The number of carbonyl (C=O) groups excluding carboxylic acids is 1. The Bertz CT molecular complexity index is 488. The fourth-order valence-electron chi connectivity index (χ4n) is 4.10. The molecule has 3 fully saturated rings. The number of likely N-dealkylation sites (tertiary alicyclic amines) is 1. The van der Waals surface area contributed by atoms with E-state index >= 15 is 0 Å². The van der Waals surface area contributed by atoms with Crippen LogP contribution >= 0.6 is 24.0 Å². The van der Waals surface area contributed by atoms with E-state index in [1.54, 1.807) is 6.92 Å². The van der Waals surface area contributed by atoms with Crippen LogP contribution in [0.2, 0.25) is 0 Å². The van der Waals surface area contributed by atoms with Gasteiger partial charge in [0.2, 0.25) is 5.91 Å². The maximum Gasteiger partial charge on any atom is 0.219 e. The molecule has 0 aromatic heterocycles. The van der Waals surface area contributed by atoms with Crippen LogP contribution in [0, 0.1) is 5.41 Å². The second-order valence-corrected chi connectivity index (χ2v) is 7.56. The maximum absolute atomic E-state index is 11.4. The SMILES string of the molecule is CCNC(=NCCN1CCN(C(C)=O)CC1)N1CCC2(CCOC2)C1.I. The topological polar surface area (TPSA) is 60.4 Å². The average molecular weight is 479 g/mol. The van der Waals surface area contributed by atoms with E-state index in [4.69, 9.17) is 9.73 Å². The van der Waals surface area contributed by atoms with Crippen LogP contribution in [0.5, 0.6) is 0 Å². The Labute approximate surface area is 174 Å². The Morgan fingerprint density at radius 3 is 2.54 bits per heavy atom. The first kappa shape index (κ1) is 21.7. The van der Waals surface area contributed by atoms with Crippen LogP contribution in [0.15, 0.2) is 4.99 Å². The van der Waals surface area contributed by atoms with Gasteiger partial charge in [-0.15, -0.1) is 24.0 Å². The molecule has 0 aromatic carbocycles. The highest BCUT2D eigenvalue weighted by Gasteiger charge is 2.42. The van der Waals surface area contributed by atoms with E-state index < -0.39 is 0 Å². The zero-order valence-corrected chi connectivity index (χ0v) is 18.5. The molecule has 150 valence electrons. The number of halogens is 1. The van der Waals surface area contributed by atoms with Crippen molar-refractivity contribution >= 4 is 35.8 Å². The van der Waals surface area contributed by atoms with E-state index in [1.807, 2.05) is 4.90 Å². The standard InChI is InChI=1S/C18H33N5O2.HI/c1-3-19-17(23-7-4-18(14-23)5-13-25-15-18)20-6-8-21-9-11-22(12-10-21)16(2)24;/h3-15H2,1-2H3,(H,19,20);1H. The van der Waals surface area contributed by atoms with Crippen LogP contribution in [0.25, 0.3) is 0 Å². The van der Waals surface area contributed by atoms with Gasteiger partial charge in [-0.25, -0.2) is 0 Å². The molecule has 0 aromatic rings. The third-order valence-electron chi connectivity index (χ3n) is 5.75. The Hall–Kier alpha value is -0.610.